The smallest absolute Gasteiger partial charge is 0.314 e. The lowest BCUT2D eigenvalue weighted by Gasteiger charge is -2.38. The fourth-order valence-electron chi connectivity index (χ4n) is 6.93. The normalized spacial score (nSPS) is 13.9. The van der Waals surface area contributed by atoms with Gasteiger partial charge >= 0.3 is 17.1 Å². The van der Waals surface area contributed by atoms with E-state index in [-0.39, 0.29) is 5.41 Å². The molecular weight excluding hydrogens is 709 g/mol. The van der Waals surface area contributed by atoms with Crippen LogP contribution in [0.1, 0.15) is 48.9 Å². The second kappa shape index (κ2) is 16.9. The molecule has 0 aliphatic rings. The Morgan fingerprint density at radius 1 is 0.469 bits per heavy atom. The molecule has 0 unspecified atom stereocenters. The van der Waals surface area contributed by atoms with Gasteiger partial charge in [-0.3, -0.25) is 0 Å². The van der Waals surface area contributed by atoms with Crippen molar-refractivity contribution in [2.75, 3.05) is 14.2 Å². The first-order valence-electron chi connectivity index (χ1n) is 18.2. The van der Waals surface area contributed by atoms with Crippen LogP contribution >= 0.6 is 0 Å². The minimum absolute atomic E-state index is 0.210. The summed E-state index contributed by atoms with van der Waals surface area (Å²) in [6.07, 6.45) is 3.87. The quantitative estimate of drug-likeness (QED) is 0.125. The zero-order valence-corrected chi connectivity index (χ0v) is 40.7. The van der Waals surface area contributed by atoms with Crippen molar-refractivity contribution in [3.63, 3.8) is 0 Å². The zero-order valence-electron chi connectivity index (χ0n) is 34.7. The number of benzene rings is 2. The summed E-state index contributed by atoms with van der Waals surface area (Å²) in [5, 5.41) is 0. The lowest BCUT2D eigenvalue weighted by molar-refractivity contribution is 0.379. The molecule has 0 atom stereocenters. The highest BCUT2D eigenvalue weighted by Crippen LogP contribution is 2.38. The summed E-state index contributed by atoms with van der Waals surface area (Å²) in [5.41, 5.74) is 4.84. The molecule has 0 aliphatic heterocycles. The zero-order chi connectivity index (χ0) is 37.7. The van der Waals surface area contributed by atoms with Gasteiger partial charge in [0, 0.05) is 5.41 Å². The van der Waals surface area contributed by atoms with E-state index < -0.39 is 50.4 Å². The molecule has 2 aromatic rings. The van der Waals surface area contributed by atoms with Crippen molar-refractivity contribution < 1.29 is 25.9 Å². The summed E-state index contributed by atoms with van der Waals surface area (Å²) in [4.78, 5) is 0. The molecule has 280 valence electrons. The van der Waals surface area contributed by atoms with Gasteiger partial charge in [0.2, 0.25) is 0 Å². The highest BCUT2D eigenvalue weighted by molar-refractivity contribution is 6.88. The van der Waals surface area contributed by atoms with Crippen molar-refractivity contribution in [1.29, 1.82) is 0 Å². The van der Waals surface area contributed by atoms with Crippen molar-refractivity contribution in [2.45, 2.75) is 149 Å². The van der Waals surface area contributed by atoms with E-state index in [2.05, 4.69) is 142 Å². The Morgan fingerprint density at radius 2 is 0.755 bits per heavy atom. The minimum atomic E-state index is -2.31. The van der Waals surface area contributed by atoms with E-state index in [9.17, 15) is 0 Å². The molecule has 0 saturated carbocycles. The first kappa shape index (κ1) is 44.3. The number of hydrogen-bond acceptors (Lipinski definition) is 6. The molecule has 6 nitrogen and oxygen atoms in total. The number of rotatable bonds is 20. The maximum atomic E-state index is 6.79. The number of hydrogen-bond donors (Lipinski definition) is 0. The van der Waals surface area contributed by atoms with Gasteiger partial charge < -0.3 is 25.9 Å². The Hall–Kier alpha value is -0.819. The lowest BCUT2D eigenvalue weighted by atomic mass is 9.76. The van der Waals surface area contributed by atoms with Gasteiger partial charge in [-0.25, -0.2) is 0 Å². The standard InChI is InChI=1S/C37H72O6Si6/c1-37(2,33-23-25-35(38-3)31(29-33)21-19-27-48(17,40-44(5,6)7)41-45(8,9)10)34-24-26-36(39-4)32(30-34)22-20-28-49(18,42-46(11,12)13)43-47(14,15)16/h23-26,29-30H,19-22,27-28H2,1-18H3. The second-order valence-corrected chi connectivity index (χ2v) is 44.2. The molecule has 0 spiro atoms. The van der Waals surface area contributed by atoms with Crippen LogP contribution in [0.3, 0.4) is 0 Å². The van der Waals surface area contributed by atoms with E-state index in [4.69, 9.17) is 25.9 Å². The maximum Gasteiger partial charge on any atom is 0.314 e. The average molecular weight is 781 g/mol. The average Bonchev–Trinajstić information content (AvgIpc) is 2.88. The summed E-state index contributed by atoms with van der Waals surface area (Å²) < 4.78 is 38.9. The Kier molecular flexibility index (Phi) is 15.3. The molecule has 49 heavy (non-hydrogen) atoms. The highest BCUT2D eigenvalue weighted by atomic mass is 28.5. The van der Waals surface area contributed by atoms with Crippen LogP contribution < -0.4 is 9.47 Å². The van der Waals surface area contributed by atoms with Crippen LogP contribution in [0.5, 0.6) is 11.5 Å². The molecule has 2 rings (SSSR count). The molecule has 0 saturated heterocycles. The van der Waals surface area contributed by atoms with Gasteiger partial charge in [-0.05, 0) is 164 Å². The van der Waals surface area contributed by atoms with E-state index in [0.717, 1.165) is 49.3 Å². The third-order valence-electron chi connectivity index (χ3n) is 8.25. The van der Waals surface area contributed by atoms with Gasteiger partial charge in [0.25, 0.3) is 0 Å². The third kappa shape index (κ3) is 15.4. The number of methoxy groups -OCH3 is 2. The number of ether oxygens (including phenoxy) is 2. The van der Waals surface area contributed by atoms with Crippen LogP contribution in [0, 0.1) is 0 Å². The van der Waals surface area contributed by atoms with Crippen molar-refractivity contribution in [3.8, 4) is 11.5 Å². The molecule has 0 aromatic heterocycles. The van der Waals surface area contributed by atoms with Crippen LogP contribution in [0.25, 0.3) is 0 Å². The van der Waals surface area contributed by atoms with Gasteiger partial charge in [0.15, 0.2) is 33.3 Å². The highest BCUT2D eigenvalue weighted by Gasteiger charge is 2.41. The molecule has 0 fully saturated rings. The van der Waals surface area contributed by atoms with E-state index >= 15 is 0 Å². The summed E-state index contributed by atoms with van der Waals surface area (Å²) >= 11 is 0. The summed E-state index contributed by atoms with van der Waals surface area (Å²) in [6, 6.07) is 15.4. The van der Waals surface area contributed by atoms with Crippen molar-refractivity contribution in [3.05, 3.63) is 58.7 Å². The van der Waals surface area contributed by atoms with E-state index in [1.54, 1.807) is 14.2 Å². The van der Waals surface area contributed by atoms with Gasteiger partial charge in [-0.2, -0.15) is 0 Å². The van der Waals surface area contributed by atoms with E-state index in [1.165, 1.54) is 22.3 Å². The molecule has 0 heterocycles. The van der Waals surface area contributed by atoms with Gasteiger partial charge in [-0.1, -0.05) is 38.1 Å². The number of aryl methyl sites for hydroxylation is 2. The van der Waals surface area contributed by atoms with Gasteiger partial charge in [0.1, 0.15) is 11.5 Å². The van der Waals surface area contributed by atoms with Crippen molar-refractivity contribution in [1.82, 2.24) is 0 Å². The van der Waals surface area contributed by atoms with Crippen LogP contribution in [0.2, 0.25) is 104 Å². The van der Waals surface area contributed by atoms with Crippen LogP contribution in [0.4, 0.5) is 0 Å². The largest absolute Gasteiger partial charge is 0.496 e. The molecule has 0 radical (unpaired) electrons. The molecular formula is C37H72O6Si6. The van der Waals surface area contributed by atoms with Crippen LogP contribution in [0.15, 0.2) is 36.4 Å². The molecule has 0 bridgehead atoms. The summed E-state index contributed by atoms with van der Waals surface area (Å²) in [7, 11) is -8.03. The predicted octanol–water partition coefficient (Wildman–Crippen LogP) is 11.4. The summed E-state index contributed by atoms with van der Waals surface area (Å²) in [5.74, 6) is 1.90. The van der Waals surface area contributed by atoms with E-state index in [0.29, 0.717) is 0 Å². The first-order chi connectivity index (χ1) is 22.1. The van der Waals surface area contributed by atoms with Gasteiger partial charge in [0.05, 0.1) is 14.2 Å². The SMILES string of the molecule is COc1ccc(C(C)(C)c2ccc(OC)c(CCC[Si](C)(O[Si](C)(C)C)O[Si](C)(C)C)c2)cc1CCC[Si](C)(O[Si](C)(C)C)O[Si](C)(C)C. The Balaban J connectivity index is 2.34. The van der Waals surface area contributed by atoms with Crippen LogP contribution in [-0.2, 0) is 34.7 Å². The fourth-order valence-corrected chi connectivity index (χ4v) is 32.0. The predicted molar refractivity (Wildman–Crippen MR) is 225 cm³/mol. The fraction of sp³-hybridized carbons (Fsp3) is 0.676. The van der Waals surface area contributed by atoms with Gasteiger partial charge in [-0.15, -0.1) is 0 Å². The molecule has 12 heteroatoms. The van der Waals surface area contributed by atoms with Crippen LogP contribution in [-0.4, -0.2) is 64.6 Å². The molecule has 2 aromatic carbocycles. The van der Waals surface area contributed by atoms with Crippen molar-refractivity contribution >= 4 is 50.4 Å². The summed E-state index contributed by atoms with van der Waals surface area (Å²) in [6.45, 7) is 36.5. The Bertz CT molecular complexity index is 1220. The lowest BCUT2D eigenvalue weighted by Crippen LogP contribution is -2.52. The topological polar surface area (TPSA) is 55.4 Å². The van der Waals surface area contributed by atoms with Crippen molar-refractivity contribution in [2.24, 2.45) is 0 Å². The monoisotopic (exact) mass is 780 g/mol. The maximum absolute atomic E-state index is 6.79. The van der Waals surface area contributed by atoms with E-state index in [1.807, 2.05) is 0 Å². The Morgan fingerprint density at radius 3 is 1.00 bits per heavy atom. The Labute approximate surface area is 308 Å². The molecule has 0 aliphatic carbocycles. The molecule has 0 amide bonds. The minimum Gasteiger partial charge on any atom is -0.496 e. The second-order valence-electron chi connectivity index (χ2n) is 18.5. The first-order valence-corrected chi connectivity index (χ1v) is 36.9. The third-order valence-corrected chi connectivity index (χ3v) is 27.5. The molecule has 0 N–H and O–H groups in total.